The van der Waals surface area contributed by atoms with Gasteiger partial charge in [0.05, 0.1) is 5.69 Å². The van der Waals surface area contributed by atoms with Crippen molar-refractivity contribution in [2.24, 2.45) is 5.92 Å². The Morgan fingerprint density at radius 2 is 1.76 bits per heavy atom. The fraction of sp³-hybridized carbons (Fsp3) is 0.842. The first kappa shape index (κ1) is 18.3. The fourth-order valence-electron chi connectivity index (χ4n) is 2.72. The quantitative estimate of drug-likeness (QED) is 0.542. The molecule has 1 aromatic heterocycles. The van der Waals surface area contributed by atoms with Crippen LogP contribution in [-0.4, -0.2) is 9.97 Å². The minimum absolute atomic E-state index is 0.187. The van der Waals surface area contributed by atoms with E-state index < -0.39 is 0 Å². The molecule has 0 aromatic carbocycles. The zero-order valence-corrected chi connectivity index (χ0v) is 15.2. The molecule has 1 rings (SSSR count). The van der Waals surface area contributed by atoms with E-state index in [0.717, 1.165) is 25.2 Å². The molecule has 0 atom stereocenters. The van der Waals surface area contributed by atoms with Gasteiger partial charge in [-0.1, -0.05) is 60.8 Å². The standard InChI is InChI=1S/C19H36N2/c1-7-9-10-14-17-20-16(13-11-12-15(3)4)18(21-17)19(5,6)8-2/h15H,7-14H2,1-6H3,(H,20,21). The van der Waals surface area contributed by atoms with Crippen LogP contribution in [0.25, 0.3) is 0 Å². The Hall–Kier alpha value is -0.790. The average Bonchev–Trinajstić information content (AvgIpc) is 2.83. The van der Waals surface area contributed by atoms with Crippen LogP contribution in [0.2, 0.25) is 0 Å². The van der Waals surface area contributed by atoms with E-state index in [9.17, 15) is 0 Å². The van der Waals surface area contributed by atoms with E-state index in [0.29, 0.717) is 0 Å². The Kier molecular flexibility index (Phi) is 7.48. The zero-order valence-electron chi connectivity index (χ0n) is 15.2. The van der Waals surface area contributed by atoms with Crippen LogP contribution in [0.4, 0.5) is 0 Å². The van der Waals surface area contributed by atoms with E-state index >= 15 is 0 Å². The number of unbranched alkanes of at least 4 members (excludes halogenated alkanes) is 2. The molecule has 21 heavy (non-hydrogen) atoms. The van der Waals surface area contributed by atoms with Crippen molar-refractivity contribution in [3.05, 3.63) is 17.2 Å². The summed E-state index contributed by atoms with van der Waals surface area (Å²) < 4.78 is 0. The first-order valence-corrected chi connectivity index (χ1v) is 8.99. The van der Waals surface area contributed by atoms with Crippen molar-refractivity contribution in [3.63, 3.8) is 0 Å². The molecule has 1 heterocycles. The van der Waals surface area contributed by atoms with Gasteiger partial charge in [0.25, 0.3) is 0 Å². The van der Waals surface area contributed by atoms with E-state index in [1.165, 1.54) is 49.3 Å². The molecular weight excluding hydrogens is 256 g/mol. The van der Waals surface area contributed by atoms with Crippen molar-refractivity contribution in [2.75, 3.05) is 0 Å². The molecule has 0 unspecified atom stereocenters. The van der Waals surface area contributed by atoms with E-state index in [1.54, 1.807) is 0 Å². The Morgan fingerprint density at radius 1 is 1.05 bits per heavy atom. The van der Waals surface area contributed by atoms with Crippen LogP contribution >= 0.6 is 0 Å². The number of hydrogen-bond acceptors (Lipinski definition) is 1. The van der Waals surface area contributed by atoms with Crippen LogP contribution in [-0.2, 0) is 18.3 Å². The van der Waals surface area contributed by atoms with Gasteiger partial charge in [-0.3, -0.25) is 0 Å². The normalized spacial score (nSPS) is 12.3. The van der Waals surface area contributed by atoms with Crippen LogP contribution in [0.3, 0.4) is 0 Å². The van der Waals surface area contributed by atoms with Crippen LogP contribution < -0.4 is 0 Å². The fourth-order valence-corrected chi connectivity index (χ4v) is 2.72. The van der Waals surface area contributed by atoms with Crippen molar-refractivity contribution >= 4 is 0 Å². The summed E-state index contributed by atoms with van der Waals surface area (Å²) in [6, 6.07) is 0. The highest BCUT2D eigenvalue weighted by molar-refractivity contribution is 5.23. The van der Waals surface area contributed by atoms with Gasteiger partial charge < -0.3 is 4.98 Å². The lowest BCUT2D eigenvalue weighted by Gasteiger charge is -2.22. The third kappa shape index (κ3) is 5.84. The third-order valence-corrected chi connectivity index (χ3v) is 4.58. The van der Waals surface area contributed by atoms with Gasteiger partial charge in [-0.25, -0.2) is 4.98 Å². The minimum atomic E-state index is 0.187. The van der Waals surface area contributed by atoms with Crippen LogP contribution in [0.1, 0.15) is 97.3 Å². The van der Waals surface area contributed by atoms with E-state index in [4.69, 9.17) is 4.98 Å². The Labute approximate surface area is 132 Å². The summed E-state index contributed by atoms with van der Waals surface area (Å²) in [6.07, 6.45) is 9.79. The molecule has 2 nitrogen and oxygen atoms in total. The van der Waals surface area contributed by atoms with E-state index in [-0.39, 0.29) is 5.41 Å². The van der Waals surface area contributed by atoms with Crippen molar-refractivity contribution in [2.45, 2.75) is 98.3 Å². The highest BCUT2D eigenvalue weighted by Crippen LogP contribution is 2.29. The lowest BCUT2D eigenvalue weighted by molar-refractivity contribution is 0.482. The minimum Gasteiger partial charge on any atom is -0.346 e. The number of imidazole rings is 1. The summed E-state index contributed by atoms with van der Waals surface area (Å²) in [6.45, 7) is 13.8. The molecule has 0 spiro atoms. The summed E-state index contributed by atoms with van der Waals surface area (Å²) in [4.78, 5) is 8.61. The summed E-state index contributed by atoms with van der Waals surface area (Å²) in [5, 5.41) is 0. The van der Waals surface area contributed by atoms with Gasteiger partial charge in [0.1, 0.15) is 5.82 Å². The second-order valence-corrected chi connectivity index (χ2v) is 7.49. The van der Waals surface area contributed by atoms with Crippen LogP contribution in [0.15, 0.2) is 0 Å². The lowest BCUT2D eigenvalue weighted by Crippen LogP contribution is -2.18. The maximum atomic E-state index is 4.97. The molecule has 1 N–H and O–H groups in total. The van der Waals surface area contributed by atoms with E-state index in [2.05, 4.69) is 46.5 Å². The molecule has 0 saturated heterocycles. The van der Waals surface area contributed by atoms with Gasteiger partial charge in [-0.05, 0) is 31.6 Å². The molecule has 0 aliphatic heterocycles. The van der Waals surface area contributed by atoms with Crippen LogP contribution in [0.5, 0.6) is 0 Å². The van der Waals surface area contributed by atoms with E-state index in [1.807, 2.05) is 0 Å². The number of rotatable bonds is 10. The number of aryl methyl sites for hydroxylation is 2. The van der Waals surface area contributed by atoms with Crippen molar-refractivity contribution < 1.29 is 0 Å². The number of nitrogens with one attached hydrogen (secondary N) is 1. The average molecular weight is 293 g/mol. The Morgan fingerprint density at radius 3 is 2.33 bits per heavy atom. The molecule has 122 valence electrons. The third-order valence-electron chi connectivity index (χ3n) is 4.58. The molecule has 1 aromatic rings. The second-order valence-electron chi connectivity index (χ2n) is 7.49. The summed E-state index contributed by atoms with van der Waals surface area (Å²) >= 11 is 0. The highest BCUT2D eigenvalue weighted by Gasteiger charge is 2.25. The molecule has 0 bridgehead atoms. The van der Waals surface area contributed by atoms with Crippen LogP contribution in [0, 0.1) is 5.92 Å². The molecule has 0 radical (unpaired) electrons. The molecule has 2 heteroatoms. The zero-order chi connectivity index (χ0) is 15.9. The first-order chi connectivity index (χ1) is 9.90. The molecule has 0 amide bonds. The number of hydrogen-bond donors (Lipinski definition) is 1. The lowest BCUT2D eigenvalue weighted by atomic mass is 9.84. The van der Waals surface area contributed by atoms with Gasteiger partial charge in [-0.15, -0.1) is 0 Å². The van der Waals surface area contributed by atoms with Gasteiger partial charge >= 0.3 is 0 Å². The summed E-state index contributed by atoms with van der Waals surface area (Å²) in [5.41, 5.74) is 2.90. The Bertz CT molecular complexity index is 402. The largest absolute Gasteiger partial charge is 0.346 e. The maximum Gasteiger partial charge on any atom is 0.106 e. The Balaban J connectivity index is 2.81. The number of aromatic nitrogens is 2. The predicted octanol–water partition coefficient (Wildman–Crippen LogP) is 5.81. The second kappa shape index (κ2) is 8.60. The van der Waals surface area contributed by atoms with Gasteiger partial charge in [-0.2, -0.15) is 0 Å². The topological polar surface area (TPSA) is 28.7 Å². The molecule has 0 aliphatic rings. The number of nitrogens with zero attached hydrogens (tertiary/aromatic N) is 1. The molecule has 0 saturated carbocycles. The molecular formula is C19H36N2. The molecule has 0 fully saturated rings. The number of H-pyrrole nitrogens is 1. The molecule has 0 aliphatic carbocycles. The van der Waals surface area contributed by atoms with Crippen molar-refractivity contribution in [3.8, 4) is 0 Å². The van der Waals surface area contributed by atoms with Crippen molar-refractivity contribution in [1.82, 2.24) is 9.97 Å². The maximum absolute atomic E-state index is 4.97. The number of aromatic amines is 1. The van der Waals surface area contributed by atoms with Gasteiger partial charge in [0.2, 0.25) is 0 Å². The SMILES string of the molecule is CCCCCc1nc(C(C)(C)CC)c(CCCC(C)C)[nH]1. The monoisotopic (exact) mass is 292 g/mol. The van der Waals surface area contributed by atoms with Gasteiger partial charge in [0.15, 0.2) is 0 Å². The summed E-state index contributed by atoms with van der Waals surface area (Å²) in [7, 11) is 0. The highest BCUT2D eigenvalue weighted by atomic mass is 14.9. The summed E-state index contributed by atoms with van der Waals surface area (Å²) in [5.74, 6) is 2.00. The smallest absolute Gasteiger partial charge is 0.106 e. The van der Waals surface area contributed by atoms with Crippen molar-refractivity contribution in [1.29, 1.82) is 0 Å². The van der Waals surface area contributed by atoms with Gasteiger partial charge in [0, 0.05) is 17.5 Å². The predicted molar refractivity (Wildman–Crippen MR) is 92.9 cm³/mol. The first-order valence-electron chi connectivity index (χ1n) is 8.99.